The van der Waals surface area contributed by atoms with Crippen molar-refractivity contribution in [3.8, 4) is 11.6 Å². The summed E-state index contributed by atoms with van der Waals surface area (Å²) in [5.41, 5.74) is 0.612. The van der Waals surface area contributed by atoms with Crippen LogP contribution in [0.25, 0.3) is 11.6 Å². The van der Waals surface area contributed by atoms with Crippen LogP contribution in [0.15, 0.2) is 33.9 Å². The Labute approximate surface area is 166 Å². The quantitative estimate of drug-likeness (QED) is 0.594. The Kier molecular flexibility index (Phi) is 6.68. The van der Waals surface area contributed by atoms with Gasteiger partial charge < -0.3 is 14.7 Å². The van der Waals surface area contributed by atoms with E-state index in [2.05, 4.69) is 25.4 Å². The zero-order valence-electron chi connectivity index (χ0n) is 16.4. The highest BCUT2D eigenvalue weighted by atomic mass is 19.4. The van der Waals surface area contributed by atoms with Crippen molar-refractivity contribution < 1.29 is 17.7 Å². The molecule has 1 aliphatic rings. The molecule has 1 unspecified atom stereocenters. The normalized spacial score (nSPS) is 17.4. The summed E-state index contributed by atoms with van der Waals surface area (Å²) in [5, 5.41) is 7.16. The van der Waals surface area contributed by atoms with Crippen LogP contribution in [-0.2, 0) is 6.42 Å². The first kappa shape index (κ1) is 21.0. The molecule has 158 valence electrons. The minimum absolute atomic E-state index is 0.333. The van der Waals surface area contributed by atoms with Gasteiger partial charge in [0.1, 0.15) is 11.7 Å². The van der Waals surface area contributed by atoms with Gasteiger partial charge in [0.25, 0.3) is 5.89 Å². The van der Waals surface area contributed by atoms with E-state index in [1.54, 1.807) is 25.4 Å². The lowest BCUT2D eigenvalue weighted by atomic mass is 10.2. The summed E-state index contributed by atoms with van der Waals surface area (Å²) in [6.45, 7) is 3.34. The summed E-state index contributed by atoms with van der Waals surface area (Å²) in [6, 6.07) is 4.00. The molecule has 2 aromatic heterocycles. The lowest BCUT2D eigenvalue weighted by Crippen LogP contribution is -2.56. The monoisotopic (exact) mass is 411 g/mol. The van der Waals surface area contributed by atoms with Crippen molar-refractivity contribution in [1.29, 1.82) is 0 Å². The van der Waals surface area contributed by atoms with E-state index >= 15 is 0 Å². The van der Waals surface area contributed by atoms with Crippen molar-refractivity contribution >= 4 is 5.96 Å². The fourth-order valence-corrected chi connectivity index (χ4v) is 3.10. The lowest BCUT2D eigenvalue weighted by Gasteiger charge is -2.39. The molecule has 0 bridgehead atoms. The zero-order valence-corrected chi connectivity index (χ0v) is 16.4. The number of pyridine rings is 1. The highest BCUT2D eigenvalue weighted by molar-refractivity contribution is 5.80. The number of alkyl halides is 3. The van der Waals surface area contributed by atoms with Gasteiger partial charge in [-0.25, -0.2) is 0 Å². The molecule has 1 N–H and O–H groups in total. The number of piperazine rings is 1. The van der Waals surface area contributed by atoms with Gasteiger partial charge in [0, 0.05) is 52.4 Å². The molecule has 2 aromatic rings. The van der Waals surface area contributed by atoms with Crippen LogP contribution < -0.4 is 5.32 Å². The number of hydrogen-bond acceptors (Lipinski definition) is 6. The first-order valence-corrected chi connectivity index (χ1v) is 9.39. The molecule has 1 aliphatic heterocycles. The number of nitrogens with zero attached hydrogens (tertiary/aromatic N) is 6. The lowest BCUT2D eigenvalue weighted by molar-refractivity contribution is -0.181. The highest BCUT2D eigenvalue weighted by Gasteiger charge is 2.41. The van der Waals surface area contributed by atoms with E-state index in [1.165, 1.54) is 11.8 Å². The highest BCUT2D eigenvalue weighted by Crippen LogP contribution is 2.25. The molecule has 1 fully saturated rings. The first-order valence-electron chi connectivity index (χ1n) is 9.39. The molecule has 3 rings (SSSR count). The average Bonchev–Trinajstić information content (AvgIpc) is 3.20. The van der Waals surface area contributed by atoms with Gasteiger partial charge in [-0.05, 0) is 19.1 Å². The number of aromatic nitrogens is 3. The molecule has 1 atom stereocenters. The number of hydrogen-bond donors (Lipinski definition) is 1. The fraction of sp³-hybridized carbons (Fsp3) is 0.556. The fourth-order valence-electron chi connectivity index (χ4n) is 3.10. The second-order valence-electron chi connectivity index (χ2n) is 6.70. The molecular formula is C18H24F3N7O. The van der Waals surface area contributed by atoms with E-state index in [0.29, 0.717) is 62.5 Å². The zero-order chi connectivity index (χ0) is 20.9. The molecule has 0 aromatic carbocycles. The number of halogens is 3. The Morgan fingerprint density at radius 3 is 2.66 bits per heavy atom. The molecule has 0 radical (unpaired) electrons. The smallest absolute Gasteiger partial charge is 0.356 e. The van der Waals surface area contributed by atoms with Crippen molar-refractivity contribution in [3.05, 3.63) is 30.2 Å². The van der Waals surface area contributed by atoms with Gasteiger partial charge in [-0.15, -0.1) is 0 Å². The topological polar surface area (TPSA) is 82.7 Å². The maximum atomic E-state index is 12.9. The van der Waals surface area contributed by atoms with Crippen molar-refractivity contribution in [2.45, 2.75) is 25.6 Å². The van der Waals surface area contributed by atoms with Crippen LogP contribution in [0.1, 0.15) is 12.7 Å². The average molecular weight is 411 g/mol. The van der Waals surface area contributed by atoms with Crippen LogP contribution in [-0.4, -0.2) is 82.9 Å². The van der Waals surface area contributed by atoms with Gasteiger partial charge in [-0.3, -0.25) is 14.9 Å². The van der Waals surface area contributed by atoms with Crippen molar-refractivity contribution in [2.24, 2.45) is 4.99 Å². The Bertz CT molecular complexity index is 801. The molecule has 0 spiro atoms. The number of rotatable bonds is 5. The standard InChI is InChI=1S/C18H24F3N7O/c1-13(18(19,20)21)27-9-11-28(12-10-27)17(22-2)24-8-6-15-25-16(29-26-15)14-5-3-4-7-23-14/h3-5,7,13H,6,8-12H2,1-2H3,(H,22,24). The maximum Gasteiger partial charge on any atom is 0.403 e. The summed E-state index contributed by atoms with van der Waals surface area (Å²) in [6.07, 6.45) is -2.04. The summed E-state index contributed by atoms with van der Waals surface area (Å²) < 4.78 is 43.9. The van der Waals surface area contributed by atoms with Crippen LogP contribution in [0.4, 0.5) is 13.2 Å². The van der Waals surface area contributed by atoms with E-state index < -0.39 is 12.2 Å². The second kappa shape index (κ2) is 9.21. The third-order valence-corrected chi connectivity index (χ3v) is 4.83. The molecule has 29 heavy (non-hydrogen) atoms. The molecule has 11 heteroatoms. The third kappa shape index (κ3) is 5.43. The van der Waals surface area contributed by atoms with Gasteiger partial charge in [0.05, 0.1) is 0 Å². The predicted molar refractivity (Wildman–Crippen MR) is 101 cm³/mol. The Morgan fingerprint density at radius 2 is 2.03 bits per heavy atom. The SMILES string of the molecule is CN=C(NCCc1noc(-c2ccccn2)n1)N1CCN(C(C)C(F)(F)F)CC1. The molecule has 3 heterocycles. The van der Waals surface area contributed by atoms with E-state index in [9.17, 15) is 13.2 Å². The van der Waals surface area contributed by atoms with Gasteiger partial charge >= 0.3 is 6.18 Å². The second-order valence-corrected chi connectivity index (χ2v) is 6.70. The van der Waals surface area contributed by atoms with Gasteiger partial charge in [-0.2, -0.15) is 18.2 Å². The summed E-state index contributed by atoms with van der Waals surface area (Å²) in [4.78, 5) is 16.1. The molecule has 0 aliphatic carbocycles. The Morgan fingerprint density at radius 1 is 1.28 bits per heavy atom. The third-order valence-electron chi connectivity index (χ3n) is 4.83. The minimum atomic E-state index is -4.21. The van der Waals surface area contributed by atoms with Gasteiger partial charge in [-0.1, -0.05) is 11.2 Å². The first-order chi connectivity index (χ1) is 13.9. The molecule has 0 saturated carbocycles. The summed E-state index contributed by atoms with van der Waals surface area (Å²) in [5.74, 6) is 1.55. The minimum Gasteiger partial charge on any atom is -0.356 e. The van der Waals surface area contributed by atoms with E-state index in [-0.39, 0.29) is 0 Å². The van der Waals surface area contributed by atoms with Crippen LogP contribution in [0.5, 0.6) is 0 Å². The molecule has 8 nitrogen and oxygen atoms in total. The van der Waals surface area contributed by atoms with Crippen molar-refractivity contribution in [1.82, 2.24) is 30.2 Å². The largest absolute Gasteiger partial charge is 0.403 e. The van der Waals surface area contributed by atoms with Gasteiger partial charge in [0.15, 0.2) is 11.8 Å². The van der Waals surface area contributed by atoms with E-state index in [0.717, 1.165) is 0 Å². The predicted octanol–water partition coefficient (Wildman–Crippen LogP) is 1.82. The van der Waals surface area contributed by atoms with Gasteiger partial charge in [0.2, 0.25) is 0 Å². The van der Waals surface area contributed by atoms with E-state index in [1.807, 2.05) is 11.0 Å². The summed E-state index contributed by atoms with van der Waals surface area (Å²) >= 11 is 0. The molecule has 0 amide bonds. The van der Waals surface area contributed by atoms with E-state index in [4.69, 9.17) is 4.52 Å². The molecular weight excluding hydrogens is 387 g/mol. The Hall–Kier alpha value is -2.69. The molecule has 1 saturated heterocycles. The maximum absolute atomic E-state index is 12.9. The van der Waals surface area contributed by atoms with Crippen LogP contribution >= 0.6 is 0 Å². The number of guanidine groups is 1. The van der Waals surface area contributed by atoms with Crippen LogP contribution in [0, 0.1) is 0 Å². The summed E-state index contributed by atoms with van der Waals surface area (Å²) in [7, 11) is 1.65. The Balaban J connectivity index is 1.46. The van der Waals surface area contributed by atoms with Crippen molar-refractivity contribution in [2.75, 3.05) is 39.8 Å². The van der Waals surface area contributed by atoms with Crippen LogP contribution in [0.2, 0.25) is 0 Å². The van der Waals surface area contributed by atoms with Crippen molar-refractivity contribution in [3.63, 3.8) is 0 Å². The van der Waals surface area contributed by atoms with Crippen LogP contribution in [0.3, 0.4) is 0 Å². The number of nitrogens with one attached hydrogen (secondary N) is 1. The number of aliphatic imine (C=N–C) groups is 1.